The summed E-state index contributed by atoms with van der Waals surface area (Å²) in [5.41, 5.74) is 8.25. The molecule has 162 valence electrons. The number of likely N-dealkylation sites (tertiary alicyclic amines) is 1. The normalized spacial score (nSPS) is 20.0. The van der Waals surface area contributed by atoms with Crippen molar-refractivity contribution < 1.29 is 9.59 Å². The average molecular weight is 455 g/mol. The van der Waals surface area contributed by atoms with Crippen LogP contribution in [0.25, 0.3) is 10.2 Å². The maximum Gasteiger partial charge on any atom is 0.251 e. The molecule has 0 bridgehead atoms. The topological polar surface area (TPSA) is 88.3 Å². The van der Waals surface area contributed by atoms with E-state index in [1.54, 1.807) is 11.3 Å². The van der Waals surface area contributed by atoms with Crippen LogP contribution in [0, 0.1) is 0 Å². The average Bonchev–Trinajstić information content (AvgIpc) is 3.46. The second kappa shape index (κ2) is 8.33. The fourth-order valence-electron chi connectivity index (χ4n) is 4.76. The number of anilines is 1. The number of aryl methyl sites for hydroxylation is 1. The first kappa shape index (κ1) is 20.6. The van der Waals surface area contributed by atoms with E-state index < -0.39 is 5.91 Å². The van der Waals surface area contributed by atoms with Gasteiger partial charge in [0.1, 0.15) is 5.00 Å². The Kier molecular flexibility index (Phi) is 5.54. The zero-order valence-corrected chi connectivity index (χ0v) is 19.2. The molecule has 0 saturated carbocycles. The fraction of sp³-hybridized carbons (Fsp3) is 0.435. The number of nitrogens with zero attached hydrogens (tertiary/aromatic N) is 2. The Morgan fingerprint density at radius 1 is 1.23 bits per heavy atom. The van der Waals surface area contributed by atoms with E-state index in [0.717, 1.165) is 61.3 Å². The summed E-state index contributed by atoms with van der Waals surface area (Å²) in [6, 6.07) is 7.95. The van der Waals surface area contributed by atoms with Crippen LogP contribution in [0.2, 0.25) is 0 Å². The Morgan fingerprint density at radius 3 is 2.87 bits per heavy atom. The molecule has 1 fully saturated rings. The number of thiophene rings is 1. The monoisotopic (exact) mass is 454 g/mol. The van der Waals surface area contributed by atoms with Crippen molar-refractivity contribution >= 4 is 49.7 Å². The van der Waals surface area contributed by atoms with Crippen LogP contribution in [-0.4, -0.2) is 40.8 Å². The molecule has 3 aromatic rings. The molecular formula is C23H26N4O2S2. The highest BCUT2D eigenvalue weighted by atomic mass is 32.1. The van der Waals surface area contributed by atoms with Crippen molar-refractivity contribution in [3.63, 3.8) is 0 Å². The number of carbonyl (C=O) groups is 2. The van der Waals surface area contributed by atoms with E-state index >= 15 is 0 Å². The number of benzene rings is 1. The number of nitrogens with two attached hydrogens (primary N) is 1. The van der Waals surface area contributed by atoms with Crippen LogP contribution in [0.15, 0.2) is 24.3 Å². The highest BCUT2D eigenvalue weighted by molar-refractivity contribution is 7.18. The number of rotatable bonds is 5. The van der Waals surface area contributed by atoms with Crippen LogP contribution in [0.3, 0.4) is 0 Å². The first-order valence-electron chi connectivity index (χ1n) is 10.9. The largest absolute Gasteiger partial charge is 0.365 e. The van der Waals surface area contributed by atoms with Gasteiger partial charge in [-0.1, -0.05) is 12.1 Å². The van der Waals surface area contributed by atoms with Crippen molar-refractivity contribution in [2.75, 3.05) is 18.4 Å². The van der Waals surface area contributed by atoms with Gasteiger partial charge in [0.05, 0.1) is 26.8 Å². The number of carbonyl (C=O) groups excluding carboxylic acids is 2. The zero-order chi connectivity index (χ0) is 21.5. The van der Waals surface area contributed by atoms with Gasteiger partial charge in [-0.2, -0.15) is 0 Å². The molecule has 2 amide bonds. The Bertz CT molecular complexity index is 1120. The van der Waals surface area contributed by atoms with Gasteiger partial charge in [0.2, 0.25) is 5.91 Å². The van der Waals surface area contributed by atoms with Gasteiger partial charge in [-0.15, -0.1) is 22.7 Å². The first-order valence-corrected chi connectivity index (χ1v) is 12.5. The smallest absolute Gasteiger partial charge is 0.251 e. The minimum Gasteiger partial charge on any atom is -0.365 e. The molecule has 6 nitrogen and oxygen atoms in total. The molecule has 0 spiro atoms. The Hall–Kier alpha value is -2.29. The molecule has 1 aromatic carbocycles. The maximum absolute atomic E-state index is 13.1. The lowest BCUT2D eigenvalue weighted by Crippen LogP contribution is -2.46. The molecule has 3 N–H and O–H groups in total. The molecule has 2 aliphatic rings. The molecule has 2 atom stereocenters. The molecule has 1 saturated heterocycles. The SMILES string of the molecule is CC(C(=O)Nc1sc2c(c1C(N)=O)CCC2)N1CCCC(c2nc3ccccc3s2)C1. The quantitative estimate of drug-likeness (QED) is 0.606. The van der Waals surface area contributed by atoms with E-state index in [4.69, 9.17) is 10.7 Å². The number of fused-ring (bicyclic) bond motifs is 2. The summed E-state index contributed by atoms with van der Waals surface area (Å²) in [5.74, 6) is -0.184. The van der Waals surface area contributed by atoms with Crippen LogP contribution in [0.4, 0.5) is 5.00 Å². The van der Waals surface area contributed by atoms with E-state index in [0.29, 0.717) is 16.5 Å². The van der Waals surface area contributed by atoms with Gasteiger partial charge in [-0.05, 0) is 63.3 Å². The van der Waals surface area contributed by atoms with Crippen LogP contribution in [0.5, 0.6) is 0 Å². The number of nitrogens with one attached hydrogen (secondary N) is 1. The number of thiazole rings is 1. The van der Waals surface area contributed by atoms with Crippen LogP contribution >= 0.6 is 22.7 Å². The Balaban J connectivity index is 1.30. The van der Waals surface area contributed by atoms with Crippen molar-refractivity contribution in [3.05, 3.63) is 45.3 Å². The maximum atomic E-state index is 13.1. The highest BCUT2D eigenvalue weighted by Gasteiger charge is 2.32. The fourth-order valence-corrected chi connectivity index (χ4v) is 7.15. The Labute approximate surface area is 189 Å². The van der Waals surface area contributed by atoms with Gasteiger partial charge in [0.25, 0.3) is 5.91 Å². The lowest BCUT2D eigenvalue weighted by molar-refractivity contribution is -0.121. The van der Waals surface area contributed by atoms with Crippen molar-refractivity contribution in [2.24, 2.45) is 5.73 Å². The summed E-state index contributed by atoms with van der Waals surface area (Å²) in [7, 11) is 0. The summed E-state index contributed by atoms with van der Waals surface area (Å²) in [6.45, 7) is 3.65. The zero-order valence-electron chi connectivity index (χ0n) is 17.5. The molecule has 1 aliphatic heterocycles. The summed E-state index contributed by atoms with van der Waals surface area (Å²) in [4.78, 5) is 33.4. The minimum atomic E-state index is -0.448. The molecule has 0 radical (unpaired) electrons. The first-order chi connectivity index (χ1) is 15.0. The lowest BCUT2D eigenvalue weighted by atomic mass is 9.97. The highest BCUT2D eigenvalue weighted by Crippen LogP contribution is 2.39. The van der Waals surface area contributed by atoms with E-state index in [9.17, 15) is 9.59 Å². The lowest BCUT2D eigenvalue weighted by Gasteiger charge is -2.35. The predicted octanol–water partition coefficient (Wildman–Crippen LogP) is 4.15. The third kappa shape index (κ3) is 3.88. The van der Waals surface area contributed by atoms with E-state index in [-0.39, 0.29) is 11.9 Å². The molecule has 1 aliphatic carbocycles. The van der Waals surface area contributed by atoms with E-state index in [1.165, 1.54) is 20.9 Å². The second-order valence-electron chi connectivity index (χ2n) is 8.44. The molecule has 31 heavy (non-hydrogen) atoms. The number of primary amides is 1. The number of amides is 2. The van der Waals surface area contributed by atoms with Gasteiger partial charge in [-0.3, -0.25) is 14.5 Å². The van der Waals surface area contributed by atoms with Crippen molar-refractivity contribution in [1.29, 1.82) is 0 Å². The van der Waals surface area contributed by atoms with Crippen LogP contribution in [-0.2, 0) is 17.6 Å². The van der Waals surface area contributed by atoms with Crippen molar-refractivity contribution in [2.45, 2.75) is 51.0 Å². The number of aromatic nitrogens is 1. The number of hydrogen-bond donors (Lipinski definition) is 2. The van der Waals surface area contributed by atoms with Gasteiger partial charge in [-0.25, -0.2) is 4.98 Å². The number of piperidine rings is 1. The molecule has 5 rings (SSSR count). The van der Waals surface area contributed by atoms with Gasteiger partial charge in [0, 0.05) is 17.3 Å². The summed E-state index contributed by atoms with van der Waals surface area (Å²) >= 11 is 3.27. The molecule has 8 heteroatoms. The van der Waals surface area contributed by atoms with Gasteiger partial charge >= 0.3 is 0 Å². The summed E-state index contributed by atoms with van der Waals surface area (Å²) < 4.78 is 1.21. The third-order valence-corrected chi connectivity index (χ3v) is 8.85. The van der Waals surface area contributed by atoms with Crippen LogP contribution in [0.1, 0.15) is 57.9 Å². The van der Waals surface area contributed by atoms with Crippen molar-refractivity contribution in [1.82, 2.24) is 9.88 Å². The van der Waals surface area contributed by atoms with Gasteiger partial charge < -0.3 is 11.1 Å². The van der Waals surface area contributed by atoms with E-state index in [2.05, 4.69) is 22.3 Å². The molecule has 2 aromatic heterocycles. The second-order valence-corrected chi connectivity index (χ2v) is 10.6. The summed E-state index contributed by atoms with van der Waals surface area (Å²) in [5, 5.41) is 4.79. The van der Waals surface area contributed by atoms with Crippen LogP contribution < -0.4 is 11.1 Å². The number of hydrogen-bond acceptors (Lipinski definition) is 6. The third-order valence-electron chi connectivity index (χ3n) is 6.44. The standard InChI is InChI=1S/C23H26N4O2S2/c1-13(21(29)26-23-19(20(24)28)15-7-4-10-17(15)30-23)27-11-5-6-14(12-27)22-25-16-8-2-3-9-18(16)31-22/h2-3,8-9,13-14H,4-7,10-12H2,1H3,(H2,24,28)(H,26,29). The molecular weight excluding hydrogens is 428 g/mol. The predicted molar refractivity (Wildman–Crippen MR) is 126 cm³/mol. The molecule has 2 unspecified atom stereocenters. The van der Waals surface area contributed by atoms with E-state index in [1.807, 2.05) is 19.1 Å². The van der Waals surface area contributed by atoms with Gasteiger partial charge in [0.15, 0.2) is 0 Å². The minimum absolute atomic E-state index is 0.0765. The number of para-hydroxylation sites is 1. The summed E-state index contributed by atoms with van der Waals surface area (Å²) in [6.07, 6.45) is 5.01. The van der Waals surface area contributed by atoms with Crippen molar-refractivity contribution in [3.8, 4) is 0 Å². The molecule has 3 heterocycles. The Morgan fingerprint density at radius 2 is 2.06 bits per heavy atom.